The maximum atomic E-state index is 13.8. The van der Waals surface area contributed by atoms with Gasteiger partial charge in [0.05, 0.1) is 6.54 Å². The van der Waals surface area contributed by atoms with Crippen LogP contribution >= 0.6 is 24.0 Å². The number of hydrogen-bond donors (Lipinski definition) is 2. The number of nitrogens with one attached hydrogen (secondary N) is 2. The predicted octanol–water partition coefficient (Wildman–Crippen LogP) is 3.97. The number of benzene rings is 1. The van der Waals surface area contributed by atoms with Crippen LogP contribution in [0.15, 0.2) is 29.3 Å². The van der Waals surface area contributed by atoms with Gasteiger partial charge in [-0.3, -0.25) is 4.99 Å². The first-order valence-electron chi connectivity index (χ1n) is 9.47. The van der Waals surface area contributed by atoms with Crippen molar-refractivity contribution < 1.29 is 13.9 Å². The molecule has 0 aliphatic heterocycles. The molecule has 5 nitrogen and oxygen atoms in total. The number of nitrogens with zero attached hydrogens (tertiary/aromatic N) is 1. The van der Waals surface area contributed by atoms with E-state index in [2.05, 4.69) is 15.6 Å². The van der Waals surface area contributed by atoms with Crippen molar-refractivity contribution in [3.05, 3.63) is 30.1 Å². The maximum absolute atomic E-state index is 13.8. The summed E-state index contributed by atoms with van der Waals surface area (Å²) >= 11 is 0. The molecule has 1 aliphatic rings. The molecule has 1 unspecified atom stereocenters. The zero-order valence-corrected chi connectivity index (χ0v) is 18.9. The van der Waals surface area contributed by atoms with E-state index in [1.165, 1.54) is 25.3 Å². The Morgan fingerprint density at radius 2 is 2.04 bits per heavy atom. The molecule has 1 aromatic carbocycles. The molecule has 1 aliphatic carbocycles. The molecule has 0 saturated heterocycles. The quantitative estimate of drug-likeness (QED) is 0.294. The lowest BCUT2D eigenvalue weighted by atomic mass is 9.67. The topological polar surface area (TPSA) is 54.9 Å². The second kappa shape index (κ2) is 12.4. The highest BCUT2D eigenvalue weighted by molar-refractivity contribution is 14.0. The number of hydrogen-bond acceptors (Lipinski definition) is 3. The zero-order valence-electron chi connectivity index (χ0n) is 16.6. The predicted molar refractivity (Wildman–Crippen MR) is 119 cm³/mol. The molecule has 1 atom stereocenters. The summed E-state index contributed by atoms with van der Waals surface area (Å²) in [6, 6.07) is 6.50. The molecule has 1 fully saturated rings. The summed E-state index contributed by atoms with van der Waals surface area (Å²) in [5.41, 5.74) is 0.321. The standard InChI is InChI=1S/C20H32FN3O2.HI/c1-4-16(26-18-9-6-5-8-17(18)21)14-23-19(22-2)24-15-20(10-7-11-20)12-13-25-3;/h5-6,8-9,16H,4,7,10-15H2,1-3H3,(H2,22,23,24);1H. The van der Waals surface area contributed by atoms with Crippen molar-refractivity contribution in [2.24, 2.45) is 10.4 Å². The fourth-order valence-corrected chi connectivity index (χ4v) is 3.20. The molecule has 154 valence electrons. The molecule has 7 heteroatoms. The van der Waals surface area contributed by atoms with Crippen LogP contribution in [-0.2, 0) is 4.74 Å². The Balaban J connectivity index is 0.00000364. The van der Waals surface area contributed by atoms with Crippen molar-refractivity contribution in [3.8, 4) is 5.75 Å². The van der Waals surface area contributed by atoms with Gasteiger partial charge in [-0.05, 0) is 43.2 Å². The molecule has 0 spiro atoms. The summed E-state index contributed by atoms with van der Waals surface area (Å²) in [5.74, 6) is 0.708. The Morgan fingerprint density at radius 1 is 1.30 bits per heavy atom. The second-order valence-corrected chi connectivity index (χ2v) is 6.98. The molecule has 27 heavy (non-hydrogen) atoms. The highest BCUT2D eigenvalue weighted by Crippen LogP contribution is 2.43. The van der Waals surface area contributed by atoms with Gasteiger partial charge in [-0.2, -0.15) is 0 Å². The van der Waals surface area contributed by atoms with Crippen LogP contribution < -0.4 is 15.4 Å². The fraction of sp³-hybridized carbons (Fsp3) is 0.650. The van der Waals surface area contributed by atoms with E-state index in [4.69, 9.17) is 9.47 Å². The minimum absolute atomic E-state index is 0. The van der Waals surface area contributed by atoms with Crippen molar-refractivity contribution in [1.29, 1.82) is 0 Å². The van der Waals surface area contributed by atoms with E-state index in [-0.39, 0.29) is 41.6 Å². The third kappa shape index (κ3) is 7.44. The van der Waals surface area contributed by atoms with Gasteiger partial charge in [0.2, 0.25) is 0 Å². The molecule has 0 amide bonds. The first-order chi connectivity index (χ1) is 12.6. The van der Waals surface area contributed by atoms with E-state index in [9.17, 15) is 4.39 Å². The van der Waals surface area contributed by atoms with Crippen molar-refractivity contribution in [3.63, 3.8) is 0 Å². The number of halogens is 2. The summed E-state index contributed by atoms with van der Waals surface area (Å²) in [6.07, 6.45) is 5.46. The van der Waals surface area contributed by atoms with E-state index in [0.29, 0.717) is 12.0 Å². The van der Waals surface area contributed by atoms with Crippen molar-refractivity contribution in [1.82, 2.24) is 10.6 Å². The summed E-state index contributed by atoms with van der Waals surface area (Å²) < 4.78 is 24.8. The van der Waals surface area contributed by atoms with Crippen LogP contribution in [0.1, 0.15) is 39.0 Å². The van der Waals surface area contributed by atoms with Crippen molar-refractivity contribution in [2.75, 3.05) is 33.9 Å². The molecule has 0 aromatic heterocycles. The van der Waals surface area contributed by atoms with Gasteiger partial charge in [-0.25, -0.2) is 4.39 Å². The fourth-order valence-electron chi connectivity index (χ4n) is 3.20. The minimum Gasteiger partial charge on any atom is -0.486 e. The number of guanidine groups is 1. The largest absolute Gasteiger partial charge is 0.486 e. The van der Waals surface area contributed by atoms with Gasteiger partial charge < -0.3 is 20.1 Å². The van der Waals surface area contributed by atoms with Crippen LogP contribution in [0.5, 0.6) is 5.75 Å². The SMILES string of the molecule is CCC(CNC(=NC)NCC1(CCOC)CCC1)Oc1ccccc1F.I. The average Bonchev–Trinajstić information content (AvgIpc) is 2.63. The number of aliphatic imine (C=N–C) groups is 1. The van der Waals surface area contributed by atoms with Gasteiger partial charge >= 0.3 is 0 Å². The van der Waals surface area contributed by atoms with Gasteiger partial charge in [0.1, 0.15) is 6.10 Å². The Labute approximate surface area is 179 Å². The van der Waals surface area contributed by atoms with E-state index in [1.807, 2.05) is 6.92 Å². The second-order valence-electron chi connectivity index (χ2n) is 6.98. The Morgan fingerprint density at radius 3 is 2.59 bits per heavy atom. The Kier molecular flexibility index (Phi) is 11.0. The van der Waals surface area contributed by atoms with Crippen LogP contribution in [0, 0.1) is 11.2 Å². The molecule has 1 saturated carbocycles. The molecule has 2 rings (SSSR count). The van der Waals surface area contributed by atoms with Gasteiger partial charge in [0, 0.05) is 27.3 Å². The van der Waals surface area contributed by atoms with Crippen LogP contribution in [-0.4, -0.2) is 45.9 Å². The number of methoxy groups -OCH3 is 1. The van der Waals surface area contributed by atoms with Crippen molar-refractivity contribution >= 4 is 29.9 Å². The van der Waals surface area contributed by atoms with E-state index < -0.39 is 0 Å². The lowest BCUT2D eigenvalue weighted by Crippen LogP contribution is -2.48. The molecule has 1 aromatic rings. The minimum atomic E-state index is -0.335. The highest BCUT2D eigenvalue weighted by atomic mass is 127. The first-order valence-corrected chi connectivity index (χ1v) is 9.47. The van der Waals surface area contributed by atoms with E-state index in [0.717, 1.165) is 32.0 Å². The van der Waals surface area contributed by atoms with Crippen LogP contribution in [0.25, 0.3) is 0 Å². The average molecular weight is 493 g/mol. The molecule has 2 N–H and O–H groups in total. The first kappa shape index (κ1) is 23.9. The normalized spacial score (nSPS) is 16.7. The third-order valence-electron chi connectivity index (χ3n) is 5.19. The Hall–Kier alpha value is -1.09. The van der Waals surface area contributed by atoms with Crippen molar-refractivity contribution in [2.45, 2.75) is 45.1 Å². The number of ether oxygens (including phenoxy) is 2. The number of para-hydroxylation sites is 1. The maximum Gasteiger partial charge on any atom is 0.191 e. The molecule has 0 heterocycles. The summed E-state index contributed by atoms with van der Waals surface area (Å²) in [7, 11) is 3.51. The number of rotatable bonds is 10. The zero-order chi connectivity index (χ0) is 18.8. The summed E-state index contributed by atoms with van der Waals surface area (Å²) in [6.45, 7) is 4.27. The molecular weight excluding hydrogens is 460 g/mol. The van der Waals surface area contributed by atoms with Gasteiger partial charge in [0.15, 0.2) is 17.5 Å². The summed E-state index contributed by atoms with van der Waals surface area (Å²) in [5, 5.41) is 6.73. The summed E-state index contributed by atoms with van der Waals surface area (Å²) in [4.78, 5) is 4.29. The van der Waals surface area contributed by atoms with Gasteiger partial charge in [0.25, 0.3) is 0 Å². The lowest BCUT2D eigenvalue weighted by molar-refractivity contribution is 0.0732. The molecule has 0 bridgehead atoms. The van der Waals surface area contributed by atoms with Gasteiger partial charge in [-0.1, -0.05) is 25.5 Å². The Bertz CT molecular complexity index is 582. The van der Waals surface area contributed by atoms with Gasteiger partial charge in [-0.15, -0.1) is 24.0 Å². The highest BCUT2D eigenvalue weighted by Gasteiger charge is 2.36. The van der Waals surface area contributed by atoms with Crippen LogP contribution in [0.2, 0.25) is 0 Å². The monoisotopic (exact) mass is 493 g/mol. The van der Waals surface area contributed by atoms with Crippen LogP contribution in [0.4, 0.5) is 4.39 Å². The molecular formula is C20H33FIN3O2. The molecule has 0 radical (unpaired) electrons. The van der Waals surface area contributed by atoms with E-state index in [1.54, 1.807) is 32.4 Å². The van der Waals surface area contributed by atoms with E-state index >= 15 is 0 Å². The third-order valence-corrected chi connectivity index (χ3v) is 5.19. The van der Waals surface area contributed by atoms with Crippen LogP contribution in [0.3, 0.4) is 0 Å². The smallest absolute Gasteiger partial charge is 0.191 e. The lowest BCUT2D eigenvalue weighted by Gasteiger charge is -2.42.